The van der Waals surface area contributed by atoms with Crippen LogP contribution in [0.2, 0.25) is 0 Å². The zero-order valence-corrected chi connectivity index (χ0v) is 16.7. The van der Waals surface area contributed by atoms with E-state index in [0.717, 1.165) is 11.3 Å². The first-order valence-electron chi connectivity index (χ1n) is 9.52. The van der Waals surface area contributed by atoms with E-state index in [0.29, 0.717) is 50.3 Å². The lowest BCUT2D eigenvalue weighted by Crippen LogP contribution is -2.40. The molecule has 1 atom stereocenters. The molecule has 29 heavy (non-hydrogen) atoms. The molecule has 0 aliphatic carbocycles. The topological polar surface area (TPSA) is 100 Å². The first-order chi connectivity index (χ1) is 14.0. The molecule has 2 heterocycles. The summed E-state index contributed by atoms with van der Waals surface area (Å²) in [6.45, 7) is 0.835. The molecule has 1 aromatic heterocycles. The van der Waals surface area contributed by atoms with Crippen molar-refractivity contribution in [2.45, 2.75) is 32.1 Å². The van der Waals surface area contributed by atoms with Crippen LogP contribution in [0.5, 0.6) is 0 Å². The van der Waals surface area contributed by atoms with E-state index in [1.54, 1.807) is 12.1 Å². The second-order valence-electron chi connectivity index (χ2n) is 6.90. The Bertz CT molecular complexity index is 859. The summed E-state index contributed by atoms with van der Waals surface area (Å²) in [5.74, 6) is -0.774. The first-order valence-corrected chi connectivity index (χ1v) is 10.4. The van der Waals surface area contributed by atoms with Crippen molar-refractivity contribution in [3.05, 3.63) is 46.7 Å². The zero-order chi connectivity index (χ0) is 20.6. The number of aromatic nitrogens is 1. The highest BCUT2D eigenvalue weighted by atomic mass is 32.1. The fourth-order valence-corrected chi connectivity index (χ4v) is 3.72. The van der Waals surface area contributed by atoms with E-state index < -0.39 is 0 Å². The van der Waals surface area contributed by atoms with Crippen molar-refractivity contribution in [2.24, 2.45) is 5.92 Å². The Labute approximate surface area is 172 Å². The van der Waals surface area contributed by atoms with E-state index in [-0.39, 0.29) is 29.5 Å². The van der Waals surface area contributed by atoms with Crippen LogP contribution in [0.1, 0.15) is 30.5 Å². The lowest BCUT2D eigenvalue weighted by molar-refractivity contribution is -0.126. The predicted octanol–water partition coefficient (Wildman–Crippen LogP) is 2.04. The van der Waals surface area contributed by atoms with Gasteiger partial charge in [0.05, 0.1) is 11.6 Å². The van der Waals surface area contributed by atoms with Gasteiger partial charge in [0, 0.05) is 31.3 Å². The van der Waals surface area contributed by atoms with Gasteiger partial charge in [-0.25, -0.2) is 9.37 Å². The van der Waals surface area contributed by atoms with Crippen molar-refractivity contribution in [2.75, 3.05) is 18.4 Å². The molecule has 1 aliphatic heterocycles. The van der Waals surface area contributed by atoms with Gasteiger partial charge in [0.2, 0.25) is 17.7 Å². The zero-order valence-electron chi connectivity index (χ0n) is 15.9. The molecule has 7 nitrogen and oxygen atoms in total. The first kappa shape index (κ1) is 20.9. The van der Waals surface area contributed by atoms with Gasteiger partial charge in [-0.1, -0.05) is 12.1 Å². The summed E-state index contributed by atoms with van der Waals surface area (Å²) in [6.07, 6.45) is 2.31. The van der Waals surface area contributed by atoms with Crippen LogP contribution in [0.4, 0.5) is 9.52 Å². The van der Waals surface area contributed by atoms with Gasteiger partial charge in [-0.15, -0.1) is 11.3 Å². The van der Waals surface area contributed by atoms with E-state index >= 15 is 0 Å². The van der Waals surface area contributed by atoms with Gasteiger partial charge >= 0.3 is 0 Å². The second-order valence-corrected chi connectivity index (χ2v) is 7.76. The standard InChI is InChI=1S/C20H23FN4O3S/c21-15-4-1-13(2-5-15)9-10-22-17(26)8-6-16-12-29-20(24-16)25-19(28)14-3-7-18(27)23-11-14/h1-2,4-5,12,14H,3,6-11H2,(H,22,26)(H,23,27)(H,24,25,28). The molecule has 1 fully saturated rings. The van der Waals surface area contributed by atoms with Crippen molar-refractivity contribution < 1.29 is 18.8 Å². The minimum absolute atomic E-state index is 0.0264. The second kappa shape index (κ2) is 10.1. The highest BCUT2D eigenvalue weighted by Gasteiger charge is 2.25. The van der Waals surface area contributed by atoms with E-state index in [1.807, 2.05) is 5.38 Å². The van der Waals surface area contributed by atoms with Crippen LogP contribution in [-0.2, 0) is 27.2 Å². The smallest absolute Gasteiger partial charge is 0.231 e. The molecule has 3 N–H and O–H groups in total. The number of rotatable bonds is 8. The average molecular weight is 418 g/mol. The number of anilines is 1. The number of halogens is 1. The van der Waals surface area contributed by atoms with Crippen molar-refractivity contribution in [1.29, 1.82) is 0 Å². The Morgan fingerprint density at radius 2 is 2.03 bits per heavy atom. The lowest BCUT2D eigenvalue weighted by Gasteiger charge is -2.20. The number of hydrogen-bond acceptors (Lipinski definition) is 5. The number of carbonyl (C=O) groups is 3. The van der Waals surface area contributed by atoms with Gasteiger partial charge in [-0.2, -0.15) is 0 Å². The van der Waals surface area contributed by atoms with Crippen LogP contribution >= 0.6 is 11.3 Å². The van der Waals surface area contributed by atoms with Gasteiger partial charge < -0.3 is 16.0 Å². The molecule has 2 aromatic rings. The predicted molar refractivity (Wildman–Crippen MR) is 108 cm³/mol. The largest absolute Gasteiger partial charge is 0.356 e. The van der Waals surface area contributed by atoms with Gasteiger partial charge in [-0.05, 0) is 37.0 Å². The number of aryl methyl sites for hydroxylation is 1. The monoisotopic (exact) mass is 418 g/mol. The summed E-state index contributed by atoms with van der Waals surface area (Å²) in [5, 5.41) is 10.6. The molecule has 0 spiro atoms. The summed E-state index contributed by atoms with van der Waals surface area (Å²) in [4.78, 5) is 39.7. The molecule has 1 aromatic carbocycles. The fraction of sp³-hybridized carbons (Fsp3) is 0.400. The molecular weight excluding hydrogens is 395 g/mol. The maximum atomic E-state index is 12.9. The van der Waals surface area contributed by atoms with Gasteiger partial charge in [0.15, 0.2) is 5.13 Å². The summed E-state index contributed by atoms with van der Waals surface area (Å²) in [7, 11) is 0. The molecule has 0 radical (unpaired) electrons. The van der Waals surface area contributed by atoms with E-state index in [1.165, 1.54) is 23.5 Å². The molecule has 1 unspecified atom stereocenters. The molecule has 9 heteroatoms. The Balaban J connectivity index is 1.36. The molecule has 154 valence electrons. The maximum Gasteiger partial charge on any atom is 0.231 e. The Morgan fingerprint density at radius 1 is 1.24 bits per heavy atom. The Hall–Kier alpha value is -2.81. The van der Waals surface area contributed by atoms with Crippen molar-refractivity contribution in [3.63, 3.8) is 0 Å². The average Bonchev–Trinajstić information content (AvgIpc) is 3.16. The summed E-state index contributed by atoms with van der Waals surface area (Å²) >= 11 is 1.32. The molecule has 0 bridgehead atoms. The number of piperidine rings is 1. The fourth-order valence-electron chi connectivity index (χ4n) is 2.97. The Kier molecular flexibility index (Phi) is 7.29. The third-order valence-electron chi connectivity index (χ3n) is 4.68. The summed E-state index contributed by atoms with van der Waals surface area (Å²) in [6, 6.07) is 6.21. The number of hydrogen-bond donors (Lipinski definition) is 3. The lowest BCUT2D eigenvalue weighted by atomic mass is 9.98. The number of benzene rings is 1. The van der Waals surface area contributed by atoms with Crippen LogP contribution in [0.3, 0.4) is 0 Å². The third kappa shape index (κ3) is 6.63. The van der Waals surface area contributed by atoms with Crippen LogP contribution in [-0.4, -0.2) is 35.8 Å². The maximum absolute atomic E-state index is 12.9. The molecule has 3 rings (SSSR count). The van der Waals surface area contributed by atoms with Crippen molar-refractivity contribution >= 4 is 34.2 Å². The molecule has 1 aliphatic rings. The van der Waals surface area contributed by atoms with Crippen LogP contribution in [0, 0.1) is 11.7 Å². The highest BCUT2D eigenvalue weighted by molar-refractivity contribution is 7.13. The Morgan fingerprint density at radius 3 is 2.76 bits per heavy atom. The van der Waals surface area contributed by atoms with Crippen molar-refractivity contribution in [1.82, 2.24) is 15.6 Å². The number of nitrogens with one attached hydrogen (secondary N) is 3. The van der Waals surface area contributed by atoms with E-state index in [2.05, 4.69) is 20.9 Å². The quantitative estimate of drug-likeness (QED) is 0.611. The normalized spacial score (nSPS) is 16.2. The summed E-state index contributed by atoms with van der Waals surface area (Å²) < 4.78 is 12.9. The minimum Gasteiger partial charge on any atom is -0.356 e. The van der Waals surface area contributed by atoms with Gasteiger partial charge in [-0.3, -0.25) is 14.4 Å². The number of nitrogens with zero attached hydrogens (tertiary/aromatic N) is 1. The molecule has 0 saturated carbocycles. The SMILES string of the molecule is O=C(CCc1csc(NC(=O)C2CCC(=O)NC2)n1)NCCc1ccc(F)cc1. The third-order valence-corrected chi connectivity index (χ3v) is 5.48. The number of carbonyl (C=O) groups excluding carboxylic acids is 3. The van der Waals surface area contributed by atoms with Gasteiger partial charge in [0.25, 0.3) is 0 Å². The van der Waals surface area contributed by atoms with Crippen LogP contribution in [0.15, 0.2) is 29.6 Å². The van der Waals surface area contributed by atoms with Crippen LogP contribution < -0.4 is 16.0 Å². The summed E-state index contributed by atoms with van der Waals surface area (Å²) in [5.41, 5.74) is 1.71. The molecule has 3 amide bonds. The number of thiazole rings is 1. The molecular formula is C20H23FN4O3S. The molecule has 1 saturated heterocycles. The van der Waals surface area contributed by atoms with Crippen LogP contribution in [0.25, 0.3) is 0 Å². The van der Waals surface area contributed by atoms with E-state index in [9.17, 15) is 18.8 Å². The van der Waals surface area contributed by atoms with Crippen molar-refractivity contribution in [3.8, 4) is 0 Å². The van der Waals surface area contributed by atoms with E-state index in [4.69, 9.17) is 0 Å². The number of amides is 3. The minimum atomic E-state index is -0.276. The highest BCUT2D eigenvalue weighted by Crippen LogP contribution is 2.19. The van der Waals surface area contributed by atoms with Gasteiger partial charge in [0.1, 0.15) is 5.82 Å².